The molecule has 0 atom stereocenters. The van der Waals surface area contributed by atoms with Crippen molar-refractivity contribution in [1.82, 2.24) is 4.98 Å². The Kier molecular flexibility index (Phi) is 6.99. The first-order valence-corrected chi connectivity index (χ1v) is 9.77. The molecule has 2 aromatic carbocycles. The van der Waals surface area contributed by atoms with Crippen molar-refractivity contribution in [3.8, 4) is 5.75 Å². The summed E-state index contributed by atoms with van der Waals surface area (Å²) in [5.41, 5.74) is 13.9. The SMILES string of the molecule is Cc1ncc(CNc2ccc(C(=N)N)cc2)c(C(F)F)c1OCc1cccc(C(=N)N)c1. The first-order chi connectivity index (χ1) is 15.3. The number of nitrogens with one attached hydrogen (secondary N) is 3. The van der Waals surface area contributed by atoms with Gasteiger partial charge >= 0.3 is 0 Å². The number of anilines is 1. The molecule has 3 rings (SSSR count). The predicted molar refractivity (Wildman–Crippen MR) is 121 cm³/mol. The second-order valence-corrected chi connectivity index (χ2v) is 7.16. The van der Waals surface area contributed by atoms with Crippen molar-refractivity contribution in [3.63, 3.8) is 0 Å². The van der Waals surface area contributed by atoms with Crippen molar-refractivity contribution >= 4 is 17.4 Å². The van der Waals surface area contributed by atoms with Gasteiger partial charge in [0.15, 0.2) is 0 Å². The second-order valence-electron chi connectivity index (χ2n) is 7.16. The number of pyridine rings is 1. The number of nitrogens with zero attached hydrogens (tertiary/aromatic N) is 1. The standard InChI is InChI=1S/C23H24F2N6O/c1-13-20(32-12-14-3-2-4-16(9-14)23(28)29)19(21(24)25)17(10-30-13)11-31-18-7-5-15(6-8-18)22(26)27/h2-10,21,31H,11-12H2,1H3,(H3,26,27)(H3,28,29). The first kappa shape index (κ1) is 22.7. The van der Waals surface area contributed by atoms with Gasteiger partial charge in [0, 0.05) is 35.1 Å². The number of aryl methyl sites for hydroxylation is 1. The maximum Gasteiger partial charge on any atom is 0.267 e. The number of amidine groups is 2. The Morgan fingerprint density at radius 3 is 2.38 bits per heavy atom. The molecule has 1 heterocycles. The first-order valence-electron chi connectivity index (χ1n) is 9.77. The summed E-state index contributed by atoms with van der Waals surface area (Å²) < 4.78 is 33.8. The largest absolute Gasteiger partial charge is 0.486 e. The highest BCUT2D eigenvalue weighted by molar-refractivity contribution is 5.95. The third-order valence-electron chi connectivity index (χ3n) is 4.85. The van der Waals surface area contributed by atoms with Crippen LogP contribution in [0.3, 0.4) is 0 Å². The third kappa shape index (κ3) is 5.37. The molecule has 0 aliphatic carbocycles. The predicted octanol–water partition coefficient (Wildman–Crippen LogP) is 4.09. The molecule has 1 aromatic heterocycles. The Morgan fingerprint density at radius 2 is 1.75 bits per heavy atom. The van der Waals surface area contributed by atoms with Crippen molar-refractivity contribution in [2.45, 2.75) is 26.5 Å². The lowest BCUT2D eigenvalue weighted by Crippen LogP contribution is -2.12. The van der Waals surface area contributed by atoms with Crippen molar-refractivity contribution in [3.05, 3.63) is 88.2 Å². The highest BCUT2D eigenvalue weighted by Crippen LogP contribution is 2.35. The summed E-state index contributed by atoms with van der Waals surface area (Å²) in [7, 11) is 0. The minimum Gasteiger partial charge on any atom is -0.486 e. The van der Waals surface area contributed by atoms with Crippen LogP contribution in [0.5, 0.6) is 5.75 Å². The highest BCUT2D eigenvalue weighted by atomic mass is 19.3. The lowest BCUT2D eigenvalue weighted by molar-refractivity contribution is 0.142. The number of rotatable bonds is 9. The summed E-state index contributed by atoms with van der Waals surface area (Å²) in [6.07, 6.45) is -1.34. The molecule has 0 aliphatic rings. The van der Waals surface area contributed by atoms with Crippen LogP contribution in [-0.2, 0) is 13.2 Å². The number of hydrogen-bond acceptors (Lipinski definition) is 5. The maximum absolute atomic E-state index is 14.0. The van der Waals surface area contributed by atoms with E-state index in [1.54, 1.807) is 55.5 Å². The van der Waals surface area contributed by atoms with E-state index in [9.17, 15) is 8.78 Å². The van der Waals surface area contributed by atoms with Gasteiger partial charge in [0.2, 0.25) is 0 Å². The molecule has 7 nitrogen and oxygen atoms in total. The zero-order chi connectivity index (χ0) is 23.3. The third-order valence-corrected chi connectivity index (χ3v) is 4.85. The average molecular weight is 438 g/mol. The van der Waals surface area contributed by atoms with E-state index in [1.807, 2.05) is 0 Å². The normalized spacial score (nSPS) is 10.8. The highest BCUT2D eigenvalue weighted by Gasteiger charge is 2.22. The van der Waals surface area contributed by atoms with Gasteiger partial charge < -0.3 is 21.5 Å². The minimum absolute atomic E-state index is 0.0345. The molecular weight excluding hydrogens is 414 g/mol. The number of ether oxygens (including phenoxy) is 1. The molecule has 0 bridgehead atoms. The summed E-state index contributed by atoms with van der Waals surface area (Å²) in [4.78, 5) is 4.23. The Balaban J connectivity index is 1.81. The number of nitrogens with two attached hydrogens (primary N) is 2. The maximum atomic E-state index is 14.0. The van der Waals surface area contributed by atoms with E-state index < -0.39 is 6.43 Å². The van der Waals surface area contributed by atoms with Gasteiger partial charge in [0.05, 0.1) is 11.3 Å². The molecule has 0 amide bonds. The number of hydrogen-bond donors (Lipinski definition) is 5. The Labute approximate surface area is 184 Å². The smallest absolute Gasteiger partial charge is 0.267 e. The van der Waals surface area contributed by atoms with Crippen molar-refractivity contribution in [2.75, 3.05) is 5.32 Å². The topological polar surface area (TPSA) is 134 Å². The molecule has 0 saturated carbocycles. The summed E-state index contributed by atoms with van der Waals surface area (Å²) in [6, 6.07) is 13.7. The van der Waals surface area contributed by atoms with Crippen LogP contribution >= 0.6 is 0 Å². The average Bonchev–Trinajstić information content (AvgIpc) is 2.77. The second kappa shape index (κ2) is 9.86. The van der Waals surface area contributed by atoms with Gasteiger partial charge in [-0.05, 0) is 42.8 Å². The molecule has 0 unspecified atom stereocenters. The molecule has 0 radical (unpaired) electrons. The summed E-state index contributed by atoms with van der Waals surface area (Å²) >= 11 is 0. The fraction of sp³-hybridized carbons (Fsp3) is 0.174. The van der Waals surface area contributed by atoms with Gasteiger partial charge in [-0.25, -0.2) is 8.78 Å². The van der Waals surface area contributed by atoms with Gasteiger partial charge in [-0.3, -0.25) is 15.8 Å². The molecule has 0 aliphatic heterocycles. The van der Waals surface area contributed by atoms with Crippen LogP contribution in [0, 0.1) is 17.7 Å². The van der Waals surface area contributed by atoms with Gasteiger partial charge in [-0.2, -0.15) is 0 Å². The van der Waals surface area contributed by atoms with Gasteiger partial charge in [-0.15, -0.1) is 0 Å². The van der Waals surface area contributed by atoms with E-state index in [1.165, 1.54) is 6.20 Å². The van der Waals surface area contributed by atoms with Crippen molar-refractivity contribution in [1.29, 1.82) is 10.8 Å². The minimum atomic E-state index is -2.76. The number of halogens is 2. The molecule has 0 spiro atoms. The Morgan fingerprint density at radius 1 is 1.06 bits per heavy atom. The number of nitrogen functional groups attached to an aromatic ring is 2. The van der Waals surface area contributed by atoms with E-state index >= 15 is 0 Å². The molecule has 0 saturated heterocycles. The van der Waals surface area contributed by atoms with Gasteiger partial charge in [0.1, 0.15) is 24.0 Å². The van der Waals surface area contributed by atoms with Crippen molar-refractivity contribution in [2.24, 2.45) is 11.5 Å². The fourth-order valence-electron chi connectivity index (χ4n) is 3.16. The van der Waals surface area contributed by atoms with Gasteiger partial charge in [0.25, 0.3) is 6.43 Å². The van der Waals surface area contributed by atoms with Crippen LogP contribution in [0.25, 0.3) is 0 Å². The molecule has 7 N–H and O–H groups in total. The Bertz CT molecular complexity index is 1130. The summed E-state index contributed by atoms with van der Waals surface area (Å²) in [5, 5.41) is 18.1. The zero-order valence-corrected chi connectivity index (χ0v) is 17.5. The fourth-order valence-corrected chi connectivity index (χ4v) is 3.16. The van der Waals surface area contributed by atoms with E-state index in [4.69, 9.17) is 27.0 Å². The Hall–Kier alpha value is -4.01. The van der Waals surface area contributed by atoms with E-state index in [2.05, 4.69) is 10.3 Å². The van der Waals surface area contributed by atoms with Crippen LogP contribution in [0.1, 0.15) is 39.9 Å². The van der Waals surface area contributed by atoms with Crippen LogP contribution in [-0.4, -0.2) is 16.7 Å². The summed E-state index contributed by atoms with van der Waals surface area (Å²) in [5.74, 6) is -0.0864. The summed E-state index contributed by atoms with van der Waals surface area (Å²) in [6.45, 7) is 1.76. The van der Waals surface area contributed by atoms with E-state index in [0.717, 1.165) is 0 Å². The van der Waals surface area contributed by atoms with Crippen LogP contribution in [0.4, 0.5) is 14.5 Å². The van der Waals surface area contributed by atoms with Gasteiger partial charge in [-0.1, -0.05) is 18.2 Å². The number of benzene rings is 2. The quantitative estimate of drug-likeness (QED) is 0.253. The lowest BCUT2D eigenvalue weighted by Gasteiger charge is -2.18. The lowest BCUT2D eigenvalue weighted by atomic mass is 10.1. The zero-order valence-electron chi connectivity index (χ0n) is 17.5. The number of aromatic nitrogens is 1. The van der Waals surface area contributed by atoms with Crippen LogP contribution in [0.15, 0.2) is 54.7 Å². The molecular formula is C23H24F2N6O. The molecule has 3 aromatic rings. The van der Waals surface area contributed by atoms with Crippen LogP contribution in [0.2, 0.25) is 0 Å². The van der Waals surface area contributed by atoms with E-state index in [-0.39, 0.29) is 36.1 Å². The van der Waals surface area contributed by atoms with Crippen molar-refractivity contribution < 1.29 is 13.5 Å². The van der Waals surface area contributed by atoms with E-state index in [0.29, 0.717) is 33.6 Å². The molecule has 32 heavy (non-hydrogen) atoms. The number of alkyl halides is 2. The monoisotopic (exact) mass is 438 g/mol. The molecule has 166 valence electrons. The van der Waals surface area contributed by atoms with Crippen LogP contribution < -0.4 is 21.5 Å². The molecule has 9 heteroatoms. The molecule has 0 fully saturated rings.